The Kier molecular flexibility index (Phi) is 10.3. The molecule has 3 aromatic rings. The number of nitrogens with zero attached hydrogens (tertiary/aromatic N) is 2. The number of nitrogens with one attached hydrogen (secondary N) is 1. The summed E-state index contributed by atoms with van der Waals surface area (Å²) in [4.78, 5) is 20.6. The molecule has 1 aliphatic heterocycles. The van der Waals surface area contributed by atoms with Crippen LogP contribution >= 0.6 is 23.4 Å². The molecule has 2 N–H and O–H groups in total. The number of hydroxylamine groups is 1. The number of hydrogen-bond donors (Lipinski definition) is 2. The van der Waals surface area contributed by atoms with Crippen LogP contribution in [-0.2, 0) is 4.79 Å². The molecule has 1 fully saturated rings. The summed E-state index contributed by atoms with van der Waals surface area (Å²) in [6.45, 7) is 2.35. The summed E-state index contributed by atoms with van der Waals surface area (Å²) in [5.74, 6) is 1.97. The Labute approximate surface area is 238 Å². The van der Waals surface area contributed by atoms with Crippen LogP contribution in [0.5, 0.6) is 11.5 Å². The van der Waals surface area contributed by atoms with E-state index < -0.39 is 17.5 Å². The average Bonchev–Trinajstić information content (AvgIpc) is 2.98. The summed E-state index contributed by atoms with van der Waals surface area (Å²) >= 11 is 8.20. The highest BCUT2D eigenvalue weighted by Gasteiger charge is 2.41. The van der Waals surface area contributed by atoms with Crippen LogP contribution in [-0.4, -0.2) is 60.6 Å². The maximum atomic E-state index is 15.8. The molecule has 0 spiro atoms. The highest BCUT2D eigenvalue weighted by atomic mass is 35.5. The van der Waals surface area contributed by atoms with E-state index in [1.54, 1.807) is 44.2 Å². The number of amides is 1. The van der Waals surface area contributed by atoms with Crippen LogP contribution in [0.3, 0.4) is 0 Å². The van der Waals surface area contributed by atoms with E-state index in [0.717, 1.165) is 24.5 Å². The molecule has 1 aliphatic rings. The normalized spacial score (nSPS) is 16.1. The van der Waals surface area contributed by atoms with Gasteiger partial charge >= 0.3 is 0 Å². The summed E-state index contributed by atoms with van der Waals surface area (Å²) in [6.07, 6.45) is 2.58. The number of aromatic nitrogens is 1. The summed E-state index contributed by atoms with van der Waals surface area (Å²) < 4.78 is 26.3. The van der Waals surface area contributed by atoms with Crippen molar-refractivity contribution < 1.29 is 23.9 Å². The maximum absolute atomic E-state index is 15.8. The molecule has 0 radical (unpaired) electrons. The fourth-order valence-corrected chi connectivity index (χ4v) is 6.33. The van der Waals surface area contributed by atoms with E-state index in [-0.39, 0.29) is 11.4 Å². The van der Waals surface area contributed by atoms with Crippen molar-refractivity contribution in [3.8, 4) is 11.5 Å². The zero-order chi connectivity index (χ0) is 27.8. The van der Waals surface area contributed by atoms with Gasteiger partial charge in [0, 0.05) is 22.0 Å². The van der Waals surface area contributed by atoms with Gasteiger partial charge in [0.15, 0.2) is 0 Å². The molecule has 4 rings (SSSR count). The number of rotatable bonds is 12. The van der Waals surface area contributed by atoms with Gasteiger partial charge in [-0.05, 0) is 100.0 Å². The average molecular weight is 576 g/mol. The van der Waals surface area contributed by atoms with Crippen LogP contribution in [0.1, 0.15) is 43.8 Å². The Balaban J connectivity index is 1.33. The first-order valence-electron chi connectivity index (χ1n) is 13.1. The molecule has 1 saturated heterocycles. The number of benzene rings is 2. The zero-order valence-corrected chi connectivity index (χ0v) is 23.9. The van der Waals surface area contributed by atoms with Crippen molar-refractivity contribution in [3.05, 3.63) is 59.2 Å². The molecule has 1 unspecified atom stereocenters. The molecule has 39 heavy (non-hydrogen) atoms. The number of hydrogen-bond acceptors (Lipinski definition) is 7. The molecule has 0 aliphatic carbocycles. The molecule has 0 saturated carbocycles. The number of fused-ring (bicyclic) bond motifs is 1. The summed E-state index contributed by atoms with van der Waals surface area (Å²) in [6, 6.07) is 13.3. The molecule has 0 bridgehead atoms. The molecule has 1 atom stereocenters. The lowest BCUT2D eigenvalue weighted by Gasteiger charge is -2.40. The molecule has 2 heterocycles. The lowest BCUT2D eigenvalue weighted by atomic mass is 9.73. The first-order valence-corrected chi connectivity index (χ1v) is 14.5. The van der Waals surface area contributed by atoms with E-state index in [9.17, 15) is 10.0 Å². The summed E-state index contributed by atoms with van der Waals surface area (Å²) in [7, 11) is 3.21. The molecule has 2 aromatic carbocycles. The number of pyridine rings is 1. The second-order valence-electron chi connectivity index (χ2n) is 9.85. The molecule has 1 aromatic heterocycles. The predicted molar refractivity (Wildman–Crippen MR) is 153 cm³/mol. The van der Waals surface area contributed by atoms with E-state index in [2.05, 4.69) is 22.0 Å². The Bertz CT molecular complexity index is 1260. The largest absolute Gasteiger partial charge is 0.497 e. The smallest absolute Gasteiger partial charge is 0.249 e. The van der Waals surface area contributed by atoms with Crippen LogP contribution in [0.4, 0.5) is 4.39 Å². The first-order chi connectivity index (χ1) is 18.9. The first kappa shape index (κ1) is 29.4. The fraction of sp³-hybridized carbons (Fsp3) is 0.448. The summed E-state index contributed by atoms with van der Waals surface area (Å²) in [5, 5.41) is 10.3. The topological polar surface area (TPSA) is 83.9 Å². The van der Waals surface area contributed by atoms with E-state index in [1.807, 2.05) is 17.6 Å². The fourth-order valence-electron chi connectivity index (χ4n) is 5.22. The van der Waals surface area contributed by atoms with Crippen LogP contribution in [0.15, 0.2) is 53.6 Å². The zero-order valence-electron chi connectivity index (χ0n) is 22.3. The second-order valence-corrected chi connectivity index (χ2v) is 11.4. The number of carbonyl (C=O) groups is 1. The van der Waals surface area contributed by atoms with E-state index in [0.29, 0.717) is 54.6 Å². The van der Waals surface area contributed by atoms with Crippen LogP contribution in [0, 0.1) is 5.41 Å². The highest BCUT2D eigenvalue weighted by Crippen LogP contribution is 2.42. The van der Waals surface area contributed by atoms with Crippen molar-refractivity contribution in [2.24, 2.45) is 5.41 Å². The Morgan fingerprint density at radius 3 is 2.54 bits per heavy atom. The van der Waals surface area contributed by atoms with Gasteiger partial charge in [0.2, 0.25) is 5.91 Å². The number of thioether (sulfide) groups is 1. The van der Waals surface area contributed by atoms with Gasteiger partial charge in [0.05, 0.1) is 30.2 Å². The van der Waals surface area contributed by atoms with Crippen molar-refractivity contribution in [1.29, 1.82) is 0 Å². The minimum absolute atomic E-state index is 0.0992. The van der Waals surface area contributed by atoms with Crippen LogP contribution < -0.4 is 15.0 Å². The molecular formula is C29H35ClFN3O4S. The minimum atomic E-state index is -1.40. The number of methoxy groups -OCH3 is 2. The lowest BCUT2D eigenvalue weighted by molar-refractivity contribution is -0.143. The lowest BCUT2D eigenvalue weighted by Crippen LogP contribution is -2.48. The van der Waals surface area contributed by atoms with Crippen molar-refractivity contribution in [2.45, 2.75) is 43.2 Å². The third kappa shape index (κ3) is 7.14. The van der Waals surface area contributed by atoms with E-state index in [1.165, 1.54) is 11.1 Å². The quantitative estimate of drug-likeness (QED) is 0.111. The van der Waals surface area contributed by atoms with Crippen LogP contribution in [0.25, 0.3) is 10.9 Å². The third-order valence-corrected chi connectivity index (χ3v) is 9.00. The molecular weight excluding hydrogens is 541 g/mol. The molecule has 210 valence electrons. The number of alkyl halides is 1. The van der Waals surface area contributed by atoms with Gasteiger partial charge in [-0.25, -0.2) is 9.87 Å². The van der Waals surface area contributed by atoms with Gasteiger partial charge < -0.3 is 14.4 Å². The van der Waals surface area contributed by atoms with Gasteiger partial charge in [-0.15, -0.1) is 11.8 Å². The monoisotopic (exact) mass is 575 g/mol. The van der Waals surface area contributed by atoms with Crippen molar-refractivity contribution in [3.63, 3.8) is 0 Å². The Morgan fingerprint density at radius 2 is 1.87 bits per heavy atom. The number of carbonyl (C=O) groups excluding carboxylic acids is 1. The van der Waals surface area contributed by atoms with Gasteiger partial charge in [-0.2, -0.15) is 0 Å². The third-order valence-electron chi connectivity index (χ3n) is 7.60. The van der Waals surface area contributed by atoms with Gasteiger partial charge in [0.25, 0.3) is 0 Å². The van der Waals surface area contributed by atoms with Gasteiger partial charge in [-0.1, -0.05) is 11.6 Å². The van der Waals surface area contributed by atoms with Crippen molar-refractivity contribution in [2.75, 3.05) is 39.6 Å². The Hall–Kier alpha value is -2.59. The standard InChI is InChI=1S/C29H35ClFN3O4S/c1-37-20-4-7-22(8-5-20)39-17-3-14-34-15-12-29(13-16-34,28(35)33-36)11-10-25(31)27-23-18-21(38-2)6-9-26(23)32-19-24(27)30/h4-9,18-19,25,36H,3,10-17H2,1-2H3,(H,33,35). The molecule has 7 nitrogen and oxygen atoms in total. The minimum Gasteiger partial charge on any atom is -0.497 e. The van der Waals surface area contributed by atoms with Gasteiger partial charge in [0.1, 0.15) is 17.7 Å². The number of halogens is 2. The molecule has 1 amide bonds. The highest BCUT2D eigenvalue weighted by molar-refractivity contribution is 7.99. The second kappa shape index (κ2) is 13.7. The maximum Gasteiger partial charge on any atom is 0.249 e. The Morgan fingerprint density at radius 1 is 1.18 bits per heavy atom. The van der Waals surface area contributed by atoms with E-state index >= 15 is 4.39 Å². The van der Waals surface area contributed by atoms with Crippen LogP contribution in [0.2, 0.25) is 5.02 Å². The van der Waals surface area contributed by atoms with Gasteiger partial charge in [-0.3, -0.25) is 15.0 Å². The summed E-state index contributed by atoms with van der Waals surface area (Å²) in [5.41, 5.74) is 1.99. The van der Waals surface area contributed by atoms with Crippen molar-refractivity contribution in [1.82, 2.24) is 15.4 Å². The number of piperidine rings is 1. The van der Waals surface area contributed by atoms with E-state index in [4.69, 9.17) is 21.1 Å². The number of likely N-dealkylation sites (tertiary alicyclic amines) is 1. The SMILES string of the molecule is COc1ccc(SCCCN2CCC(CCC(F)c3c(Cl)cnc4ccc(OC)cc34)(C(=O)NO)CC2)cc1. The van der Waals surface area contributed by atoms with Crippen molar-refractivity contribution >= 4 is 40.2 Å². The number of ether oxygens (including phenoxy) is 2. The molecule has 10 heteroatoms. The predicted octanol–water partition coefficient (Wildman–Crippen LogP) is 6.47.